The Labute approximate surface area is 106 Å². The van der Waals surface area contributed by atoms with Gasteiger partial charge in [0.1, 0.15) is 0 Å². The molecule has 0 bridgehead atoms. The fourth-order valence-electron chi connectivity index (χ4n) is 1.85. The van der Waals surface area contributed by atoms with Gasteiger partial charge in [-0.3, -0.25) is 4.79 Å². The van der Waals surface area contributed by atoms with E-state index in [4.69, 9.17) is 5.73 Å². The van der Waals surface area contributed by atoms with Crippen LogP contribution < -0.4 is 5.73 Å². The lowest BCUT2D eigenvalue weighted by Crippen LogP contribution is -2.04. The molecule has 0 aliphatic carbocycles. The van der Waals surface area contributed by atoms with Crippen LogP contribution in [-0.4, -0.2) is 13.1 Å². The van der Waals surface area contributed by atoms with Gasteiger partial charge in [0.2, 0.25) is 0 Å². The van der Waals surface area contributed by atoms with E-state index in [1.165, 1.54) is 7.11 Å². The molecule has 0 spiro atoms. The van der Waals surface area contributed by atoms with Gasteiger partial charge in [0, 0.05) is 11.3 Å². The maximum atomic E-state index is 11.2. The molecule has 2 aromatic carbocycles. The van der Waals surface area contributed by atoms with Gasteiger partial charge in [0.05, 0.1) is 13.5 Å². The largest absolute Gasteiger partial charge is 0.469 e. The Kier molecular flexibility index (Phi) is 3.63. The number of carbonyl (C=O) groups excluding carboxylic acids is 1. The molecule has 0 heterocycles. The van der Waals surface area contributed by atoms with Crippen LogP contribution in [0.4, 0.5) is 5.69 Å². The minimum Gasteiger partial charge on any atom is -0.469 e. The first-order chi connectivity index (χ1) is 8.70. The molecular weight excluding hydrogens is 226 g/mol. The number of esters is 1. The van der Waals surface area contributed by atoms with Gasteiger partial charge in [0.25, 0.3) is 0 Å². The molecule has 0 aromatic heterocycles. The van der Waals surface area contributed by atoms with Crippen LogP contribution in [0, 0.1) is 0 Å². The van der Waals surface area contributed by atoms with Crippen LogP contribution in [0.15, 0.2) is 48.5 Å². The Morgan fingerprint density at radius 1 is 1.17 bits per heavy atom. The summed E-state index contributed by atoms with van der Waals surface area (Å²) in [6.45, 7) is 0. The van der Waals surface area contributed by atoms with Gasteiger partial charge in [-0.2, -0.15) is 0 Å². The smallest absolute Gasteiger partial charge is 0.309 e. The molecule has 18 heavy (non-hydrogen) atoms. The Hall–Kier alpha value is -2.29. The monoisotopic (exact) mass is 241 g/mol. The molecule has 0 aliphatic rings. The maximum absolute atomic E-state index is 11.2. The molecule has 3 nitrogen and oxygen atoms in total. The normalized spacial score (nSPS) is 10.1. The zero-order valence-electron chi connectivity index (χ0n) is 10.2. The first-order valence-electron chi connectivity index (χ1n) is 5.71. The topological polar surface area (TPSA) is 52.3 Å². The van der Waals surface area contributed by atoms with E-state index < -0.39 is 0 Å². The molecule has 0 amide bonds. The predicted octanol–water partition coefficient (Wildman–Crippen LogP) is 2.65. The van der Waals surface area contributed by atoms with E-state index in [2.05, 4.69) is 4.74 Å². The Balaban J connectivity index is 2.33. The maximum Gasteiger partial charge on any atom is 0.309 e. The summed E-state index contributed by atoms with van der Waals surface area (Å²) >= 11 is 0. The number of carbonyl (C=O) groups is 1. The fourth-order valence-corrected chi connectivity index (χ4v) is 1.85. The second-order valence-corrected chi connectivity index (χ2v) is 4.04. The Bertz CT molecular complexity index is 564. The van der Waals surface area contributed by atoms with Crippen LogP contribution in [0.1, 0.15) is 5.56 Å². The Morgan fingerprint density at radius 2 is 1.94 bits per heavy atom. The molecule has 0 saturated heterocycles. The zero-order chi connectivity index (χ0) is 13.0. The van der Waals surface area contributed by atoms with E-state index in [0.717, 1.165) is 22.4 Å². The van der Waals surface area contributed by atoms with Crippen molar-refractivity contribution in [2.24, 2.45) is 0 Å². The van der Waals surface area contributed by atoms with Crippen molar-refractivity contribution in [1.29, 1.82) is 0 Å². The fraction of sp³-hybridized carbons (Fsp3) is 0.133. The van der Waals surface area contributed by atoms with Gasteiger partial charge in [-0.15, -0.1) is 0 Å². The number of benzene rings is 2. The van der Waals surface area contributed by atoms with Crippen LogP contribution >= 0.6 is 0 Å². The van der Waals surface area contributed by atoms with Crippen LogP contribution in [0.25, 0.3) is 11.1 Å². The van der Waals surface area contributed by atoms with E-state index in [9.17, 15) is 4.79 Å². The number of methoxy groups -OCH3 is 1. The van der Waals surface area contributed by atoms with E-state index in [1.54, 1.807) is 0 Å². The van der Waals surface area contributed by atoms with Crippen molar-refractivity contribution in [3.05, 3.63) is 54.1 Å². The lowest BCUT2D eigenvalue weighted by molar-refractivity contribution is -0.139. The Morgan fingerprint density at radius 3 is 2.67 bits per heavy atom. The molecule has 2 rings (SSSR count). The van der Waals surface area contributed by atoms with Gasteiger partial charge >= 0.3 is 5.97 Å². The number of ether oxygens (including phenoxy) is 1. The van der Waals surface area contributed by atoms with E-state index in [-0.39, 0.29) is 12.4 Å². The highest BCUT2D eigenvalue weighted by atomic mass is 16.5. The molecule has 2 N–H and O–H groups in total. The standard InChI is InChI=1S/C15H15NO2/c1-18-15(17)10-11-5-4-6-12(9-11)13-7-2-3-8-14(13)16/h2-9H,10,16H2,1H3. The van der Waals surface area contributed by atoms with Gasteiger partial charge in [-0.1, -0.05) is 42.5 Å². The quantitative estimate of drug-likeness (QED) is 0.664. The number of rotatable bonds is 3. The third kappa shape index (κ3) is 2.69. The first-order valence-corrected chi connectivity index (χ1v) is 5.71. The van der Waals surface area contributed by atoms with Crippen molar-refractivity contribution in [3.8, 4) is 11.1 Å². The van der Waals surface area contributed by atoms with Crippen molar-refractivity contribution in [1.82, 2.24) is 0 Å². The summed E-state index contributed by atoms with van der Waals surface area (Å²) in [5, 5.41) is 0. The SMILES string of the molecule is COC(=O)Cc1cccc(-c2ccccc2N)c1. The summed E-state index contributed by atoms with van der Waals surface area (Å²) in [4.78, 5) is 11.2. The summed E-state index contributed by atoms with van der Waals surface area (Å²) in [5.74, 6) is -0.242. The first kappa shape index (κ1) is 12.2. The third-order valence-electron chi connectivity index (χ3n) is 2.77. The number of nitrogens with two attached hydrogens (primary N) is 1. The summed E-state index contributed by atoms with van der Waals surface area (Å²) in [6, 6.07) is 15.4. The molecule has 0 atom stereocenters. The van der Waals surface area contributed by atoms with Gasteiger partial charge in [-0.05, 0) is 17.2 Å². The minimum absolute atomic E-state index is 0.242. The summed E-state index contributed by atoms with van der Waals surface area (Å²) in [7, 11) is 1.39. The number of hydrogen-bond donors (Lipinski definition) is 1. The van der Waals surface area contributed by atoms with Crippen LogP contribution in [0.3, 0.4) is 0 Å². The predicted molar refractivity (Wildman–Crippen MR) is 72.0 cm³/mol. The van der Waals surface area contributed by atoms with E-state index >= 15 is 0 Å². The molecule has 0 aliphatic heterocycles. The van der Waals surface area contributed by atoms with Gasteiger partial charge in [0.15, 0.2) is 0 Å². The van der Waals surface area contributed by atoms with Crippen LogP contribution in [-0.2, 0) is 16.0 Å². The molecule has 0 unspecified atom stereocenters. The summed E-state index contributed by atoms with van der Waals surface area (Å²) in [5.41, 5.74) is 9.57. The van der Waals surface area contributed by atoms with Crippen molar-refractivity contribution in [2.75, 3.05) is 12.8 Å². The molecule has 2 aromatic rings. The van der Waals surface area contributed by atoms with E-state index in [0.29, 0.717) is 0 Å². The number of anilines is 1. The second kappa shape index (κ2) is 5.36. The van der Waals surface area contributed by atoms with Crippen molar-refractivity contribution >= 4 is 11.7 Å². The molecule has 0 saturated carbocycles. The van der Waals surface area contributed by atoms with Crippen molar-refractivity contribution in [2.45, 2.75) is 6.42 Å². The van der Waals surface area contributed by atoms with E-state index in [1.807, 2.05) is 48.5 Å². The lowest BCUT2D eigenvalue weighted by Gasteiger charge is -2.07. The number of para-hydroxylation sites is 1. The van der Waals surface area contributed by atoms with Gasteiger partial charge < -0.3 is 10.5 Å². The van der Waals surface area contributed by atoms with Crippen molar-refractivity contribution in [3.63, 3.8) is 0 Å². The van der Waals surface area contributed by atoms with Crippen molar-refractivity contribution < 1.29 is 9.53 Å². The zero-order valence-corrected chi connectivity index (χ0v) is 10.2. The summed E-state index contributed by atoms with van der Waals surface area (Å²) < 4.78 is 4.66. The molecule has 92 valence electrons. The number of hydrogen-bond acceptors (Lipinski definition) is 3. The average molecular weight is 241 g/mol. The average Bonchev–Trinajstić information content (AvgIpc) is 2.39. The summed E-state index contributed by atoms with van der Waals surface area (Å²) in [6.07, 6.45) is 0.275. The highest BCUT2D eigenvalue weighted by molar-refractivity contribution is 5.78. The lowest BCUT2D eigenvalue weighted by atomic mass is 10.0. The molecular formula is C15H15NO2. The van der Waals surface area contributed by atoms with Gasteiger partial charge in [-0.25, -0.2) is 0 Å². The molecule has 0 fully saturated rings. The molecule has 0 radical (unpaired) electrons. The molecule has 3 heteroatoms. The third-order valence-corrected chi connectivity index (χ3v) is 2.77. The highest BCUT2D eigenvalue weighted by Gasteiger charge is 2.06. The highest BCUT2D eigenvalue weighted by Crippen LogP contribution is 2.26. The van der Waals surface area contributed by atoms with Crippen LogP contribution in [0.2, 0.25) is 0 Å². The minimum atomic E-state index is -0.242. The van der Waals surface area contributed by atoms with Crippen LogP contribution in [0.5, 0.6) is 0 Å². The second-order valence-electron chi connectivity index (χ2n) is 4.04. The number of nitrogen functional groups attached to an aromatic ring is 1.